The van der Waals surface area contributed by atoms with Crippen molar-refractivity contribution in [1.29, 1.82) is 0 Å². The Morgan fingerprint density at radius 1 is 0.125 bits per heavy atom. The molecular formula is C120H76O8P4S4. The van der Waals surface area contributed by atoms with Crippen molar-refractivity contribution in [3.05, 3.63) is 461 Å². The molecule has 0 saturated heterocycles. The lowest BCUT2D eigenvalue weighted by molar-refractivity contribution is 0.466. The van der Waals surface area contributed by atoms with Crippen molar-refractivity contribution in [2.45, 2.75) is 0 Å². The summed E-state index contributed by atoms with van der Waals surface area (Å²) in [6.45, 7) is 0. The molecule has 0 aromatic heterocycles. The Morgan fingerprint density at radius 3 is 0.706 bits per heavy atom. The van der Waals surface area contributed by atoms with Crippen molar-refractivity contribution >= 4 is 135 Å². The fourth-order valence-electron chi connectivity index (χ4n) is 19.8. The van der Waals surface area contributed by atoms with Crippen molar-refractivity contribution in [3.63, 3.8) is 0 Å². The maximum absolute atomic E-state index is 6.73. The fourth-order valence-corrected chi connectivity index (χ4v) is 37.7. The van der Waals surface area contributed by atoms with Gasteiger partial charge in [0.1, 0.15) is 92.0 Å². The third-order valence-corrected chi connectivity index (χ3v) is 45.6. The van der Waals surface area contributed by atoms with Crippen LogP contribution in [0.3, 0.4) is 0 Å². The SMILES string of the molecule is S=P12c3cc(-c4ccccc4)ccc3Oc3ccc(-c4ccccc4)c(c31)Oc1ccccc12.S=P12c3cc(-c4ccccc4)ccc3Oc3cccc(c31)Oc1c(-c3ccccc3)cccc12.S=P12c3ccc(-c4ccccc4)cc3Oc3cccc(c31)Oc1c(-c3ccccc3)cccc12.S=P12c3ccc(-c4ccccc4)cc3Oc3cccc(c31)Oc1ccc(-c3ccccc3)cc12. The molecule has 8 heterocycles. The highest BCUT2D eigenvalue weighted by molar-refractivity contribution is 8.27. The summed E-state index contributed by atoms with van der Waals surface area (Å²) in [6.07, 6.45) is 0. The second kappa shape index (κ2) is 33.8. The molecule has 0 aliphatic carbocycles. The van der Waals surface area contributed by atoms with E-state index in [9.17, 15) is 0 Å². The van der Waals surface area contributed by atoms with Gasteiger partial charge in [-0.15, -0.1) is 0 Å². The molecule has 16 heteroatoms. The Morgan fingerprint density at radius 2 is 0.346 bits per heavy atom. The zero-order valence-electron chi connectivity index (χ0n) is 72.6. The predicted molar refractivity (Wildman–Crippen MR) is 574 cm³/mol. The lowest BCUT2D eigenvalue weighted by Crippen LogP contribution is -2.35. The van der Waals surface area contributed by atoms with Crippen LogP contribution in [0.25, 0.3) is 89.0 Å². The second-order valence-electron chi connectivity index (χ2n) is 34.0. The molecule has 4 unspecified atom stereocenters. The minimum absolute atomic E-state index is 0.799. The molecule has 20 aromatic rings. The Kier molecular flexibility index (Phi) is 20.7. The van der Waals surface area contributed by atoms with Gasteiger partial charge < -0.3 is 37.9 Å². The van der Waals surface area contributed by atoms with Gasteiger partial charge in [-0.1, -0.05) is 375 Å². The Labute approximate surface area is 808 Å². The molecular weight excluding hydrogens is 1820 g/mol. The van der Waals surface area contributed by atoms with Gasteiger partial charge in [-0.25, -0.2) is 0 Å². The molecule has 0 spiro atoms. The second-order valence-corrected chi connectivity index (χ2v) is 51.1. The van der Waals surface area contributed by atoms with Gasteiger partial charge in [-0.2, -0.15) is 0 Å². The van der Waals surface area contributed by atoms with Crippen molar-refractivity contribution in [1.82, 2.24) is 0 Å². The first-order chi connectivity index (χ1) is 66.9. The number of rotatable bonds is 8. The molecule has 0 amide bonds. The number of hydrogen-bond acceptors (Lipinski definition) is 12. The quantitative estimate of drug-likeness (QED) is 0.136. The molecule has 20 aromatic carbocycles. The van der Waals surface area contributed by atoms with Crippen LogP contribution < -0.4 is 102 Å². The van der Waals surface area contributed by atoms with Gasteiger partial charge in [0.15, 0.2) is 0 Å². The molecule has 0 fully saturated rings. The van der Waals surface area contributed by atoms with E-state index in [0.717, 1.165) is 239 Å². The van der Waals surface area contributed by atoms with E-state index in [0.29, 0.717) is 0 Å². The van der Waals surface area contributed by atoms with Crippen molar-refractivity contribution < 1.29 is 37.9 Å². The van der Waals surface area contributed by atoms with Gasteiger partial charge in [-0.3, -0.25) is 0 Å². The Bertz CT molecular complexity index is 8270. The minimum Gasteiger partial charge on any atom is -0.456 e. The summed E-state index contributed by atoms with van der Waals surface area (Å²) in [6, 6.07) is 149. The topological polar surface area (TPSA) is 73.8 Å². The van der Waals surface area contributed by atoms with Crippen LogP contribution in [0.1, 0.15) is 0 Å². The molecule has 8 aliphatic rings. The summed E-state index contributed by atoms with van der Waals surface area (Å²) in [5, 5.41) is 12.7. The predicted octanol–water partition coefficient (Wildman–Crippen LogP) is 28.0. The van der Waals surface area contributed by atoms with E-state index in [-0.39, 0.29) is 0 Å². The molecule has 28 rings (SSSR count). The van der Waals surface area contributed by atoms with Gasteiger partial charge in [0.05, 0.1) is 45.4 Å². The number of fused-ring (bicyclic) bond motifs is 16. The third kappa shape index (κ3) is 13.8. The van der Waals surface area contributed by atoms with E-state index in [2.05, 4.69) is 328 Å². The number of ether oxygens (including phenoxy) is 8. The molecule has 648 valence electrons. The first-order valence-electron chi connectivity index (χ1n) is 44.9. The highest BCUT2D eigenvalue weighted by atomic mass is 32.5. The third-order valence-electron chi connectivity index (χ3n) is 26.1. The summed E-state index contributed by atoms with van der Waals surface area (Å²) in [5.41, 5.74) is 18.0. The zero-order chi connectivity index (χ0) is 90.8. The average Bonchev–Trinajstić information content (AvgIpc) is 0.719. The lowest BCUT2D eigenvalue weighted by atomic mass is 10.0. The highest BCUT2D eigenvalue weighted by Crippen LogP contribution is 2.65. The monoisotopic (exact) mass is 1900 g/mol. The highest BCUT2D eigenvalue weighted by Gasteiger charge is 2.49. The van der Waals surface area contributed by atoms with Gasteiger partial charge in [0, 0.05) is 59.1 Å². The van der Waals surface area contributed by atoms with Crippen LogP contribution in [0.2, 0.25) is 0 Å². The molecule has 0 bridgehead atoms. The van der Waals surface area contributed by atoms with Gasteiger partial charge in [0.2, 0.25) is 0 Å². The maximum Gasteiger partial charge on any atom is 0.148 e. The zero-order valence-corrected chi connectivity index (χ0v) is 79.4. The summed E-state index contributed by atoms with van der Waals surface area (Å²) in [5.74, 6) is 13.2. The van der Waals surface area contributed by atoms with Crippen LogP contribution in [-0.4, -0.2) is 0 Å². The molecule has 8 nitrogen and oxygen atoms in total. The standard InChI is InChI=1S/4C30H19O2PS/c34-33-27-16-7-13-23(21-11-5-2-6-12-21)29(27)32-26-15-8-14-25(30(26)33)31-24-18-17-22(19-28(24)33)20-9-3-1-4-10-20;34-33-27-18-17-22(20-9-3-1-4-10-20)19-26(27)31-24-14-8-15-25(30(24)33)32-29-23(13-7-16-28(29)33)21-11-5-2-6-12-21;34-33-27-14-8-7-13-24(27)32-29-23(21-11-5-2-6-12-21)16-18-26(30(29)33)31-25-17-15-22(19-28(25)33)20-9-3-1-4-10-20;34-33-28-17-15-22(20-8-3-1-4-9-20)18-27(28)32-26-13-7-12-25(30(26)33)31-24-16-14-23(19-29(24)33)21-10-5-2-6-11-21/h4*1-19H. The molecule has 0 N–H and O–H groups in total. The molecule has 0 saturated carbocycles. The van der Waals surface area contributed by atoms with Gasteiger partial charge in [0.25, 0.3) is 0 Å². The van der Waals surface area contributed by atoms with Crippen LogP contribution in [0, 0.1) is 0 Å². The minimum atomic E-state index is -2.43. The van der Waals surface area contributed by atoms with E-state index in [1.54, 1.807) is 0 Å². The average molecular weight is 1900 g/mol. The van der Waals surface area contributed by atoms with Crippen molar-refractivity contribution in [3.8, 4) is 181 Å². The summed E-state index contributed by atoms with van der Waals surface area (Å²) in [7, 11) is 0. The Hall–Kier alpha value is -14.6. The number of para-hydroxylation sites is 3. The summed E-state index contributed by atoms with van der Waals surface area (Å²) in [4.78, 5) is 0. The van der Waals surface area contributed by atoms with E-state index in [4.69, 9.17) is 85.1 Å². The first-order valence-corrected chi connectivity index (χ1v) is 56.1. The number of hydrogen-bond donors (Lipinski definition) is 0. The van der Waals surface area contributed by atoms with Crippen LogP contribution in [0.15, 0.2) is 461 Å². The normalized spacial score (nSPS) is 16.9. The van der Waals surface area contributed by atoms with Crippen LogP contribution in [0.4, 0.5) is 0 Å². The van der Waals surface area contributed by atoms with E-state index in [1.165, 1.54) is 5.56 Å². The van der Waals surface area contributed by atoms with Crippen molar-refractivity contribution in [2.75, 3.05) is 0 Å². The molecule has 136 heavy (non-hydrogen) atoms. The van der Waals surface area contributed by atoms with E-state index in [1.807, 2.05) is 133 Å². The van der Waals surface area contributed by atoms with Crippen molar-refractivity contribution in [2.24, 2.45) is 0 Å². The molecule has 0 radical (unpaired) electrons. The fraction of sp³-hybridized carbons (Fsp3) is 0. The Balaban J connectivity index is 0.0000000965. The first kappa shape index (κ1) is 83.2. The van der Waals surface area contributed by atoms with Gasteiger partial charge >= 0.3 is 0 Å². The van der Waals surface area contributed by atoms with E-state index < -0.39 is 24.2 Å². The summed E-state index contributed by atoms with van der Waals surface area (Å²) >= 11 is 26.8. The van der Waals surface area contributed by atoms with Crippen LogP contribution in [-0.2, 0) is 47.2 Å². The van der Waals surface area contributed by atoms with Gasteiger partial charge in [-0.05, 0) is 206 Å². The maximum atomic E-state index is 6.73. The summed E-state index contributed by atoms with van der Waals surface area (Å²) < 4.78 is 51.9. The lowest BCUT2D eigenvalue weighted by Gasteiger charge is -2.38. The van der Waals surface area contributed by atoms with E-state index >= 15 is 0 Å². The largest absolute Gasteiger partial charge is 0.456 e. The smallest absolute Gasteiger partial charge is 0.148 e. The molecule has 4 atom stereocenters. The number of benzene rings is 20. The van der Waals surface area contributed by atoms with Crippen LogP contribution >= 0.6 is 24.2 Å². The molecule has 8 aliphatic heterocycles. The van der Waals surface area contributed by atoms with Crippen LogP contribution in [0.5, 0.6) is 92.0 Å².